The Morgan fingerprint density at radius 3 is 2.45 bits per heavy atom. The highest BCUT2D eigenvalue weighted by atomic mass is 16.1. The van der Waals surface area contributed by atoms with Gasteiger partial charge in [-0.2, -0.15) is 0 Å². The van der Waals surface area contributed by atoms with Gasteiger partial charge in [0.15, 0.2) is 0 Å². The molecule has 1 aromatic carbocycles. The first-order valence-corrected chi connectivity index (χ1v) is 8.02. The van der Waals surface area contributed by atoms with Crippen LogP contribution in [0.5, 0.6) is 0 Å². The van der Waals surface area contributed by atoms with Crippen molar-refractivity contribution in [3.8, 4) is 0 Å². The number of hydrogen-bond donors (Lipinski definition) is 2. The Hall–Kier alpha value is -1.75. The summed E-state index contributed by atoms with van der Waals surface area (Å²) in [6.07, 6.45) is 1.22. The number of nitrogens with one attached hydrogen (secondary N) is 1. The molecular weight excluding hydrogens is 276 g/mol. The van der Waals surface area contributed by atoms with E-state index >= 15 is 0 Å². The molecule has 0 aliphatic rings. The lowest BCUT2D eigenvalue weighted by Crippen LogP contribution is -2.31. The van der Waals surface area contributed by atoms with Crippen LogP contribution in [0.4, 0.5) is 11.4 Å². The molecule has 0 aromatic heterocycles. The first kappa shape index (κ1) is 18.3. The third-order valence-corrected chi connectivity index (χ3v) is 3.72. The molecule has 0 unspecified atom stereocenters. The zero-order chi connectivity index (χ0) is 16.5. The molecule has 1 amide bonds. The Bertz CT molecular complexity index is 470. The molecule has 0 spiro atoms. The van der Waals surface area contributed by atoms with Crippen LogP contribution in [0.1, 0.15) is 25.8 Å². The number of hydrogen-bond acceptors (Lipinski definition) is 4. The number of nitrogen functional groups attached to an aromatic ring is 1. The van der Waals surface area contributed by atoms with Crippen LogP contribution in [0.3, 0.4) is 0 Å². The molecule has 3 N–H and O–H groups in total. The lowest BCUT2D eigenvalue weighted by Gasteiger charge is -2.23. The van der Waals surface area contributed by atoms with Gasteiger partial charge in [0, 0.05) is 32.6 Å². The van der Waals surface area contributed by atoms with E-state index in [1.807, 2.05) is 25.1 Å². The Morgan fingerprint density at radius 1 is 1.23 bits per heavy atom. The number of likely N-dealkylation sites (N-methyl/N-ethyl adjacent to an activating group) is 1. The fourth-order valence-corrected chi connectivity index (χ4v) is 2.38. The SMILES string of the molecule is CCN(CC)c1ccc(CCC(=O)NCCN(C)C)cc1N. The number of nitrogens with zero attached hydrogens (tertiary/aromatic N) is 2. The van der Waals surface area contributed by atoms with Gasteiger partial charge in [0.2, 0.25) is 5.91 Å². The van der Waals surface area contributed by atoms with Crippen molar-refractivity contribution in [2.45, 2.75) is 26.7 Å². The Kier molecular flexibility index (Phi) is 7.74. The van der Waals surface area contributed by atoms with Crippen molar-refractivity contribution in [1.29, 1.82) is 0 Å². The van der Waals surface area contributed by atoms with Crippen LogP contribution in [0.25, 0.3) is 0 Å². The highest BCUT2D eigenvalue weighted by Gasteiger charge is 2.08. The van der Waals surface area contributed by atoms with Crippen LogP contribution < -0.4 is 16.0 Å². The summed E-state index contributed by atoms with van der Waals surface area (Å²) in [5.74, 6) is 0.0910. The number of carbonyl (C=O) groups is 1. The maximum absolute atomic E-state index is 11.8. The molecule has 0 aliphatic carbocycles. The van der Waals surface area contributed by atoms with Gasteiger partial charge in [-0.05, 0) is 52.1 Å². The first-order chi connectivity index (χ1) is 10.5. The van der Waals surface area contributed by atoms with Crippen molar-refractivity contribution in [2.75, 3.05) is 50.9 Å². The van der Waals surface area contributed by atoms with Crippen molar-refractivity contribution in [3.63, 3.8) is 0 Å². The predicted molar refractivity (Wildman–Crippen MR) is 94.3 cm³/mol. The minimum Gasteiger partial charge on any atom is -0.397 e. The molecule has 124 valence electrons. The molecule has 0 heterocycles. The summed E-state index contributed by atoms with van der Waals surface area (Å²) in [4.78, 5) is 16.1. The van der Waals surface area contributed by atoms with Gasteiger partial charge in [0.25, 0.3) is 0 Å². The van der Waals surface area contributed by atoms with Crippen molar-refractivity contribution in [3.05, 3.63) is 23.8 Å². The highest BCUT2D eigenvalue weighted by Crippen LogP contribution is 2.24. The molecule has 0 radical (unpaired) electrons. The number of amides is 1. The number of nitrogens with two attached hydrogens (primary N) is 1. The zero-order valence-corrected chi connectivity index (χ0v) is 14.4. The molecule has 0 atom stereocenters. The van der Waals surface area contributed by atoms with Gasteiger partial charge in [-0.1, -0.05) is 6.07 Å². The Balaban J connectivity index is 2.50. The normalized spacial score (nSPS) is 10.8. The monoisotopic (exact) mass is 306 g/mol. The minimum atomic E-state index is 0.0910. The smallest absolute Gasteiger partial charge is 0.220 e. The Morgan fingerprint density at radius 2 is 1.91 bits per heavy atom. The molecule has 5 heteroatoms. The van der Waals surface area contributed by atoms with Gasteiger partial charge < -0.3 is 20.9 Å². The maximum atomic E-state index is 11.8. The molecular formula is C17H30N4O. The molecule has 1 rings (SSSR count). The number of anilines is 2. The summed E-state index contributed by atoms with van der Waals surface area (Å²) in [6, 6.07) is 6.11. The summed E-state index contributed by atoms with van der Waals surface area (Å²) in [6.45, 7) is 7.67. The second-order valence-corrected chi connectivity index (χ2v) is 5.72. The van der Waals surface area contributed by atoms with Gasteiger partial charge in [0.05, 0.1) is 11.4 Å². The number of carbonyl (C=O) groups excluding carboxylic acids is 1. The molecule has 0 saturated heterocycles. The van der Waals surface area contributed by atoms with E-state index in [0.29, 0.717) is 13.0 Å². The molecule has 0 fully saturated rings. The van der Waals surface area contributed by atoms with Crippen LogP contribution >= 0.6 is 0 Å². The second-order valence-electron chi connectivity index (χ2n) is 5.72. The summed E-state index contributed by atoms with van der Waals surface area (Å²) in [5, 5.41) is 2.93. The fourth-order valence-electron chi connectivity index (χ4n) is 2.38. The van der Waals surface area contributed by atoms with Crippen LogP contribution in [0.2, 0.25) is 0 Å². The highest BCUT2D eigenvalue weighted by molar-refractivity contribution is 5.76. The van der Waals surface area contributed by atoms with E-state index in [9.17, 15) is 4.79 Å². The number of benzene rings is 1. The zero-order valence-electron chi connectivity index (χ0n) is 14.4. The van der Waals surface area contributed by atoms with E-state index in [4.69, 9.17) is 5.73 Å². The van der Waals surface area contributed by atoms with Gasteiger partial charge in [-0.15, -0.1) is 0 Å². The van der Waals surface area contributed by atoms with E-state index in [-0.39, 0.29) is 5.91 Å². The standard InChI is InChI=1S/C17H30N4O/c1-5-21(6-2)16-9-7-14(13-15(16)18)8-10-17(22)19-11-12-20(3)4/h7,9,13H,5-6,8,10-12,18H2,1-4H3,(H,19,22). The molecule has 22 heavy (non-hydrogen) atoms. The van der Waals surface area contributed by atoms with E-state index in [2.05, 4.69) is 36.2 Å². The summed E-state index contributed by atoms with van der Waals surface area (Å²) >= 11 is 0. The second kappa shape index (κ2) is 9.30. The van der Waals surface area contributed by atoms with E-state index < -0.39 is 0 Å². The maximum Gasteiger partial charge on any atom is 0.220 e. The van der Waals surface area contributed by atoms with Crippen molar-refractivity contribution in [2.24, 2.45) is 0 Å². The lowest BCUT2D eigenvalue weighted by molar-refractivity contribution is -0.121. The van der Waals surface area contributed by atoms with Crippen molar-refractivity contribution < 1.29 is 4.79 Å². The van der Waals surface area contributed by atoms with Crippen molar-refractivity contribution in [1.82, 2.24) is 10.2 Å². The van der Waals surface area contributed by atoms with Crippen LogP contribution in [0.15, 0.2) is 18.2 Å². The van der Waals surface area contributed by atoms with Gasteiger partial charge in [0.1, 0.15) is 0 Å². The third-order valence-electron chi connectivity index (χ3n) is 3.72. The molecule has 0 bridgehead atoms. The van der Waals surface area contributed by atoms with Crippen LogP contribution in [-0.4, -0.2) is 51.1 Å². The molecule has 0 aliphatic heterocycles. The van der Waals surface area contributed by atoms with Gasteiger partial charge in [-0.25, -0.2) is 0 Å². The summed E-state index contributed by atoms with van der Waals surface area (Å²) in [5.41, 5.74) is 9.11. The quantitative estimate of drug-likeness (QED) is 0.682. The van der Waals surface area contributed by atoms with Crippen LogP contribution in [0, 0.1) is 0 Å². The number of rotatable bonds is 9. The van der Waals surface area contributed by atoms with E-state index in [1.165, 1.54) is 0 Å². The van der Waals surface area contributed by atoms with Gasteiger partial charge in [-0.3, -0.25) is 4.79 Å². The van der Waals surface area contributed by atoms with Gasteiger partial charge >= 0.3 is 0 Å². The topological polar surface area (TPSA) is 61.6 Å². The summed E-state index contributed by atoms with van der Waals surface area (Å²) in [7, 11) is 3.98. The minimum absolute atomic E-state index is 0.0910. The average Bonchev–Trinajstić information content (AvgIpc) is 2.47. The average molecular weight is 306 g/mol. The molecule has 0 saturated carbocycles. The van der Waals surface area contributed by atoms with Crippen molar-refractivity contribution >= 4 is 17.3 Å². The Labute approximate surface area is 134 Å². The first-order valence-electron chi connectivity index (χ1n) is 8.02. The third kappa shape index (κ3) is 5.93. The predicted octanol–water partition coefficient (Wildman–Crippen LogP) is 1.73. The lowest BCUT2D eigenvalue weighted by atomic mass is 10.1. The molecule has 5 nitrogen and oxygen atoms in total. The fraction of sp³-hybridized carbons (Fsp3) is 0.588. The van der Waals surface area contributed by atoms with E-state index in [1.54, 1.807) is 0 Å². The largest absolute Gasteiger partial charge is 0.397 e. The van der Waals surface area contributed by atoms with E-state index in [0.717, 1.165) is 43.0 Å². The van der Waals surface area contributed by atoms with Crippen LogP contribution in [-0.2, 0) is 11.2 Å². The number of aryl methyl sites for hydroxylation is 1. The summed E-state index contributed by atoms with van der Waals surface area (Å²) < 4.78 is 0. The molecule has 1 aromatic rings.